The Morgan fingerprint density at radius 2 is 1.34 bits per heavy atom. The summed E-state index contributed by atoms with van der Waals surface area (Å²) in [5, 5.41) is 9.81. The molecule has 41 heavy (non-hydrogen) atoms. The van der Waals surface area contributed by atoms with Crippen LogP contribution in [-0.4, -0.2) is 60.4 Å². The summed E-state index contributed by atoms with van der Waals surface area (Å²) < 4.78 is 10.8. The number of carbonyl (C=O) groups excluding carboxylic acids is 3. The van der Waals surface area contributed by atoms with Crippen molar-refractivity contribution in [3.8, 4) is 0 Å². The minimum Gasteiger partial charge on any atom is -0.444 e. The lowest BCUT2D eigenvalue weighted by Gasteiger charge is -2.27. The molecule has 0 aliphatic heterocycles. The van der Waals surface area contributed by atoms with E-state index in [0.717, 1.165) is 11.3 Å². The second-order valence-electron chi connectivity index (χ2n) is 11.5. The fraction of sp³-hybridized carbons (Fsp3) is 0.500. The number of nitrogens with one attached hydrogen (secondary N) is 3. The fourth-order valence-electron chi connectivity index (χ4n) is 3.68. The molecule has 0 aliphatic rings. The van der Waals surface area contributed by atoms with Crippen molar-refractivity contribution in [3.05, 3.63) is 58.1 Å². The number of rotatable bonds is 12. The smallest absolute Gasteiger partial charge is 0.410 e. The summed E-state index contributed by atoms with van der Waals surface area (Å²) in [6, 6.07) is 12.7. The van der Waals surface area contributed by atoms with Crippen LogP contribution in [0.15, 0.2) is 42.5 Å². The number of amides is 3. The minimum absolute atomic E-state index is 0.150. The highest BCUT2D eigenvalue weighted by Crippen LogP contribution is 2.33. The Balaban J connectivity index is 1.88. The average Bonchev–Trinajstić information content (AvgIpc) is 2.84. The fourth-order valence-corrected chi connectivity index (χ4v) is 4.17. The average molecular weight is 610 g/mol. The molecule has 0 unspecified atom stereocenters. The van der Waals surface area contributed by atoms with Crippen LogP contribution in [0, 0.1) is 0 Å². The first kappa shape index (κ1) is 34.0. The molecule has 11 heteroatoms. The molecule has 9 nitrogen and oxygen atoms in total. The molecule has 0 bridgehead atoms. The molecule has 0 aromatic heterocycles. The van der Waals surface area contributed by atoms with Crippen molar-refractivity contribution in [2.45, 2.75) is 72.0 Å². The van der Waals surface area contributed by atoms with Gasteiger partial charge in [-0.1, -0.05) is 47.5 Å². The maximum absolute atomic E-state index is 12.8. The Bertz CT molecular complexity index is 1160. The summed E-state index contributed by atoms with van der Waals surface area (Å²) in [5.74, 6) is -0.158. The number of anilines is 2. The van der Waals surface area contributed by atoms with Crippen LogP contribution in [0.4, 0.5) is 21.0 Å². The van der Waals surface area contributed by atoms with Gasteiger partial charge in [0.15, 0.2) is 0 Å². The molecule has 2 rings (SSSR count). The second kappa shape index (κ2) is 15.7. The van der Waals surface area contributed by atoms with Gasteiger partial charge < -0.3 is 30.3 Å². The number of benzene rings is 2. The van der Waals surface area contributed by atoms with E-state index in [-0.39, 0.29) is 12.3 Å². The van der Waals surface area contributed by atoms with Crippen molar-refractivity contribution >= 4 is 52.7 Å². The summed E-state index contributed by atoms with van der Waals surface area (Å²) in [7, 11) is 0. The Morgan fingerprint density at radius 3 is 1.93 bits per heavy atom. The van der Waals surface area contributed by atoms with Crippen molar-refractivity contribution in [1.82, 2.24) is 15.5 Å². The van der Waals surface area contributed by atoms with E-state index in [4.69, 9.17) is 32.7 Å². The predicted molar refractivity (Wildman–Crippen MR) is 164 cm³/mol. The Labute approximate surface area is 253 Å². The number of para-hydroxylation sites is 2. The summed E-state index contributed by atoms with van der Waals surface area (Å²) in [6.07, 6.45) is 0.246. The van der Waals surface area contributed by atoms with Gasteiger partial charge in [0.25, 0.3) is 0 Å². The first-order valence-electron chi connectivity index (χ1n) is 13.6. The van der Waals surface area contributed by atoms with Gasteiger partial charge in [-0.25, -0.2) is 9.59 Å². The molecule has 0 radical (unpaired) electrons. The molecular formula is C30H42Cl2N4O5. The lowest BCUT2D eigenvalue weighted by Crippen LogP contribution is -2.40. The van der Waals surface area contributed by atoms with Crippen LogP contribution in [0.1, 0.15) is 59.9 Å². The zero-order valence-electron chi connectivity index (χ0n) is 24.7. The maximum atomic E-state index is 12.8. The summed E-state index contributed by atoms with van der Waals surface area (Å²) in [5.41, 5.74) is 0.863. The molecule has 2 aromatic carbocycles. The van der Waals surface area contributed by atoms with Crippen LogP contribution in [-0.2, 0) is 20.7 Å². The number of ether oxygens (including phenoxy) is 2. The van der Waals surface area contributed by atoms with Crippen molar-refractivity contribution in [2.24, 2.45) is 0 Å². The highest BCUT2D eigenvalue weighted by Gasteiger charge is 2.22. The maximum Gasteiger partial charge on any atom is 0.410 e. The van der Waals surface area contributed by atoms with Gasteiger partial charge in [0, 0.05) is 31.9 Å². The molecule has 3 amide bonds. The van der Waals surface area contributed by atoms with Gasteiger partial charge in [-0.2, -0.15) is 0 Å². The van der Waals surface area contributed by atoms with Gasteiger partial charge in [-0.15, -0.1) is 0 Å². The number of alkyl carbamates (subject to hydrolysis) is 1. The molecule has 0 spiro atoms. The van der Waals surface area contributed by atoms with Crippen molar-refractivity contribution in [1.29, 1.82) is 0 Å². The molecule has 0 fully saturated rings. The third kappa shape index (κ3) is 13.4. The van der Waals surface area contributed by atoms with Crippen molar-refractivity contribution < 1.29 is 23.9 Å². The minimum atomic E-state index is -0.645. The highest BCUT2D eigenvalue weighted by atomic mass is 35.5. The standard InChI is InChI=1S/C30H42Cl2N4O5/c1-29(2,3)40-27(38)34-17-11-19-36(28(39)41-30(4,5)6)18-10-16-33-25(37)20-21-12-7-8-15-24(21)35-26-22(31)13-9-14-23(26)32/h7-9,12-15,35H,10-11,16-20H2,1-6H3,(H,33,37)(H,34,38). The third-order valence-corrected chi connectivity index (χ3v) is 6.07. The first-order valence-corrected chi connectivity index (χ1v) is 14.4. The monoisotopic (exact) mass is 608 g/mol. The Morgan fingerprint density at radius 1 is 0.780 bits per heavy atom. The molecule has 0 saturated carbocycles. The third-order valence-electron chi connectivity index (χ3n) is 5.44. The SMILES string of the molecule is CC(C)(C)OC(=O)NCCCN(CCCNC(=O)Cc1ccccc1Nc1c(Cl)cccc1Cl)C(=O)OC(C)(C)C. The second-order valence-corrected chi connectivity index (χ2v) is 12.3. The lowest BCUT2D eigenvalue weighted by molar-refractivity contribution is -0.120. The van der Waals surface area contributed by atoms with Crippen LogP contribution < -0.4 is 16.0 Å². The van der Waals surface area contributed by atoms with Crippen LogP contribution >= 0.6 is 23.2 Å². The lowest BCUT2D eigenvalue weighted by atomic mass is 10.1. The van der Waals surface area contributed by atoms with Crippen LogP contribution in [0.2, 0.25) is 10.0 Å². The molecule has 2 aromatic rings. The van der Waals surface area contributed by atoms with E-state index in [2.05, 4.69) is 16.0 Å². The summed E-state index contributed by atoms with van der Waals surface area (Å²) >= 11 is 12.6. The van der Waals surface area contributed by atoms with Gasteiger partial charge in [-0.05, 0) is 78.1 Å². The molecule has 0 atom stereocenters. The quantitative estimate of drug-likeness (QED) is 0.225. The number of nitrogens with zero attached hydrogens (tertiary/aromatic N) is 1. The largest absolute Gasteiger partial charge is 0.444 e. The highest BCUT2D eigenvalue weighted by molar-refractivity contribution is 6.39. The van der Waals surface area contributed by atoms with E-state index in [9.17, 15) is 14.4 Å². The van der Waals surface area contributed by atoms with Crippen LogP contribution in [0.25, 0.3) is 0 Å². The predicted octanol–water partition coefficient (Wildman–Crippen LogP) is 6.94. The topological polar surface area (TPSA) is 109 Å². The van der Waals surface area contributed by atoms with Gasteiger partial charge in [-0.3, -0.25) is 4.79 Å². The first-order chi connectivity index (χ1) is 19.1. The Hall–Kier alpha value is -3.17. The van der Waals surface area contributed by atoms with Gasteiger partial charge in [0.05, 0.1) is 22.2 Å². The number of carbonyl (C=O) groups is 3. The van der Waals surface area contributed by atoms with E-state index in [1.165, 1.54) is 0 Å². The van der Waals surface area contributed by atoms with Crippen molar-refractivity contribution in [3.63, 3.8) is 0 Å². The number of halogens is 2. The molecule has 0 heterocycles. The zero-order chi connectivity index (χ0) is 30.6. The summed E-state index contributed by atoms with van der Waals surface area (Å²) in [4.78, 5) is 39.0. The van der Waals surface area contributed by atoms with Gasteiger partial charge in [0.1, 0.15) is 11.2 Å². The van der Waals surface area contributed by atoms with Crippen LogP contribution in [0.3, 0.4) is 0 Å². The van der Waals surface area contributed by atoms with Gasteiger partial charge in [0.2, 0.25) is 5.91 Å². The number of hydrogen-bond donors (Lipinski definition) is 3. The van der Waals surface area contributed by atoms with E-state index >= 15 is 0 Å². The molecule has 0 saturated heterocycles. The van der Waals surface area contributed by atoms with Crippen molar-refractivity contribution in [2.75, 3.05) is 31.5 Å². The van der Waals surface area contributed by atoms with E-state index in [1.54, 1.807) is 64.6 Å². The Kier molecular flexibility index (Phi) is 13.1. The van der Waals surface area contributed by atoms with E-state index < -0.39 is 23.4 Å². The number of hydrogen-bond acceptors (Lipinski definition) is 6. The zero-order valence-corrected chi connectivity index (χ0v) is 26.2. The normalized spacial score (nSPS) is 11.4. The molecule has 226 valence electrons. The molecule has 0 aliphatic carbocycles. The molecular weight excluding hydrogens is 567 g/mol. The van der Waals surface area contributed by atoms with E-state index in [1.807, 2.05) is 24.3 Å². The van der Waals surface area contributed by atoms with E-state index in [0.29, 0.717) is 54.8 Å². The van der Waals surface area contributed by atoms with Crippen LogP contribution in [0.5, 0.6) is 0 Å². The molecule has 3 N–H and O–H groups in total. The van der Waals surface area contributed by atoms with Gasteiger partial charge >= 0.3 is 12.2 Å². The summed E-state index contributed by atoms with van der Waals surface area (Å²) in [6.45, 7) is 12.3.